The summed E-state index contributed by atoms with van der Waals surface area (Å²) >= 11 is 3.50. The molecule has 0 spiro atoms. The summed E-state index contributed by atoms with van der Waals surface area (Å²) in [5.74, 6) is 1.68. The Labute approximate surface area is 106 Å². The highest BCUT2D eigenvalue weighted by Gasteiger charge is 2.33. The second-order valence-electron chi connectivity index (χ2n) is 5.18. The Morgan fingerprint density at radius 1 is 1.12 bits per heavy atom. The van der Waals surface area contributed by atoms with Gasteiger partial charge >= 0.3 is 0 Å². The van der Waals surface area contributed by atoms with Gasteiger partial charge in [0.15, 0.2) is 0 Å². The predicted octanol–water partition coefficient (Wildman–Crippen LogP) is 3.69. The second kappa shape index (κ2) is 4.50. The van der Waals surface area contributed by atoms with Gasteiger partial charge in [-0.3, -0.25) is 0 Å². The molecular formula is C14H18BrN. The van der Waals surface area contributed by atoms with Crippen molar-refractivity contribution in [3.63, 3.8) is 0 Å². The SMILES string of the molecule is Brc1ccc(C(CNC2CC2)C2CC2)cc1. The van der Waals surface area contributed by atoms with Crippen molar-refractivity contribution in [2.45, 2.75) is 37.6 Å². The van der Waals surface area contributed by atoms with Gasteiger partial charge in [0, 0.05) is 17.1 Å². The molecular weight excluding hydrogens is 262 g/mol. The van der Waals surface area contributed by atoms with Crippen molar-refractivity contribution in [2.75, 3.05) is 6.54 Å². The Bertz CT molecular complexity index is 352. The molecule has 0 aromatic heterocycles. The van der Waals surface area contributed by atoms with Gasteiger partial charge in [-0.2, -0.15) is 0 Å². The minimum absolute atomic E-state index is 0.744. The van der Waals surface area contributed by atoms with Crippen LogP contribution in [-0.2, 0) is 0 Å². The van der Waals surface area contributed by atoms with Gasteiger partial charge in [-0.25, -0.2) is 0 Å². The molecule has 1 aromatic carbocycles. The van der Waals surface area contributed by atoms with Crippen LogP contribution in [0.2, 0.25) is 0 Å². The predicted molar refractivity (Wildman–Crippen MR) is 70.6 cm³/mol. The molecule has 1 atom stereocenters. The maximum absolute atomic E-state index is 3.68. The molecule has 1 aromatic rings. The van der Waals surface area contributed by atoms with Crippen LogP contribution in [0, 0.1) is 5.92 Å². The summed E-state index contributed by atoms with van der Waals surface area (Å²) in [4.78, 5) is 0. The van der Waals surface area contributed by atoms with E-state index in [1.807, 2.05) is 0 Å². The third-order valence-corrected chi connectivity index (χ3v) is 4.22. The number of nitrogens with one attached hydrogen (secondary N) is 1. The molecule has 1 N–H and O–H groups in total. The average molecular weight is 280 g/mol. The highest BCUT2D eigenvalue weighted by atomic mass is 79.9. The molecule has 0 aliphatic heterocycles. The molecule has 0 saturated heterocycles. The third-order valence-electron chi connectivity index (χ3n) is 3.69. The third kappa shape index (κ3) is 2.67. The van der Waals surface area contributed by atoms with Gasteiger partial charge in [0.1, 0.15) is 0 Å². The molecule has 1 nitrogen and oxygen atoms in total. The van der Waals surface area contributed by atoms with Crippen molar-refractivity contribution in [3.8, 4) is 0 Å². The zero-order valence-corrected chi connectivity index (χ0v) is 11.0. The van der Waals surface area contributed by atoms with E-state index in [2.05, 4.69) is 45.5 Å². The number of hydrogen-bond acceptors (Lipinski definition) is 1. The van der Waals surface area contributed by atoms with Crippen molar-refractivity contribution in [3.05, 3.63) is 34.3 Å². The van der Waals surface area contributed by atoms with Crippen LogP contribution < -0.4 is 5.32 Å². The molecule has 1 unspecified atom stereocenters. The summed E-state index contributed by atoms with van der Waals surface area (Å²) in [6, 6.07) is 9.73. The fourth-order valence-corrected chi connectivity index (χ4v) is 2.61. The first-order valence-electron chi connectivity index (χ1n) is 6.32. The van der Waals surface area contributed by atoms with E-state index in [1.54, 1.807) is 0 Å². The quantitative estimate of drug-likeness (QED) is 0.867. The molecule has 2 aliphatic rings. The molecule has 0 amide bonds. The molecule has 2 heteroatoms. The van der Waals surface area contributed by atoms with Gasteiger partial charge in [0.25, 0.3) is 0 Å². The van der Waals surface area contributed by atoms with E-state index < -0.39 is 0 Å². The summed E-state index contributed by atoms with van der Waals surface area (Å²) in [5, 5.41) is 3.68. The molecule has 2 fully saturated rings. The van der Waals surface area contributed by atoms with Crippen LogP contribution in [0.15, 0.2) is 28.7 Å². The first kappa shape index (κ1) is 10.8. The average Bonchev–Trinajstić information content (AvgIpc) is 3.15. The van der Waals surface area contributed by atoms with Gasteiger partial charge in [-0.15, -0.1) is 0 Å². The van der Waals surface area contributed by atoms with Crippen LogP contribution in [0.1, 0.15) is 37.2 Å². The lowest BCUT2D eigenvalue weighted by atomic mass is 9.94. The zero-order valence-electron chi connectivity index (χ0n) is 9.45. The summed E-state index contributed by atoms with van der Waals surface area (Å²) in [6.07, 6.45) is 5.62. The minimum atomic E-state index is 0.744. The molecule has 0 radical (unpaired) electrons. The Hall–Kier alpha value is -0.340. The van der Waals surface area contributed by atoms with Crippen molar-refractivity contribution >= 4 is 15.9 Å². The van der Waals surface area contributed by atoms with Crippen LogP contribution in [0.3, 0.4) is 0 Å². The molecule has 2 saturated carbocycles. The topological polar surface area (TPSA) is 12.0 Å². The van der Waals surface area contributed by atoms with Gasteiger partial charge < -0.3 is 5.32 Å². The zero-order chi connectivity index (χ0) is 11.0. The van der Waals surface area contributed by atoms with Gasteiger partial charge in [-0.1, -0.05) is 28.1 Å². The van der Waals surface area contributed by atoms with Crippen molar-refractivity contribution in [1.29, 1.82) is 0 Å². The molecule has 0 heterocycles. The maximum Gasteiger partial charge on any atom is 0.0175 e. The lowest BCUT2D eigenvalue weighted by Gasteiger charge is -2.17. The van der Waals surface area contributed by atoms with E-state index in [0.717, 1.165) is 17.9 Å². The van der Waals surface area contributed by atoms with E-state index >= 15 is 0 Å². The van der Waals surface area contributed by atoms with Gasteiger partial charge in [0.2, 0.25) is 0 Å². The number of hydrogen-bond donors (Lipinski definition) is 1. The van der Waals surface area contributed by atoms with E-state index in [9.17, 15) is 0 Å². The number of rotatable bonds is 5. The van der Waals surface area contributed by atoms with E-state index in [-0.39, 0.29) is 0 Å². The van der Waals surface area contributed by atoms with E-state index in [1.165, 1.54) is 42.3 Å². The van der Waals surface area contributed by atoms with Crippen LogP contribution in [-0.4, -0.2) is 12.6 Å². The van der Waals surface area contributed by atoms with Crippen molar-refractivity contribution in [1.82, 2.24) is 5.32 Å². The summed E-state index contributed by atoms with van der Waals surface area (Å²) in [6.45, 7) is 1.18. The largest absolute Gasteiger partial charge is 0.313 e. The highest BCUT2D eigenvalue weighted by molar-refractivity contribution is 9.10. The Morgan fingerprint density at radius 3 is 2.38 bits per heavy atom. The van der Waals surface area contributed by atoms with Crippen molar-refractivity contribution < 1.29 is 0 Å². The monoisotopic (exact) mass is 279 g/mol. The molecule has 86 valence electrons. The summed E-state index contributed by atoms with van der Waals surface area (Å²) < 4.78 is 1.18. The fourth-order valence-electron chi connectivity index (χ4n) is 2.35. The van der Waals surface area contributed by atoms with Crippen molar-refractivity contribution in [2.24, 2.45) is 5.92 Å². The Kier molecular flexibility index (Phi) is 3.03. The van der Waals surface area contributed by atoms with E-state index in [0.29, 0.717) is 0 Å². The summed E-state index contributed by atoms with van der Waals surface area (Å²) in [7, 11) is 0. The normalized spacial score (nSPS) is 22.1. The van der Waals surface area contributed by atoms with Crippen LogP contribution in [0.25, 0.3) is 0 Å². The summed E-state index contributed by atoms with van der Waals surface area (Å²) in [5.41, 5.74) is 1.51. The molecule has 0 bridgehead atoms. The Balaban J connectivity index is 1.68. The minimum Gasteiger partial charge on any atom is -0.313 e. The lowest BCUT2D eigenvalue weighted by Crippen LogP contribution is -2.24. The fraction of sp³-hybridized carbons (Fsp3) is 0.571. The molecule has 2 aliphatic carbocycles. The first-order chi connectivity index (χ1) is 7.83. The number of halogens is 1. The molecule has 3 rings (SSSR count). The van der Waals surface area contributed by atoms with Crippen LogP contribution >= 0.6 is 15.9 Å². The van der Waals surface area contributed by atoms with E-state index in [4.69, 9.17) is 0 Å². The van der Waals surface area contributed by atoms with Gasteiger partial charge in [-0.05, 0) is 55.2 Å². The maximum atomic E-state index is 3.68. The van der Waals surface area contributed by atoms with Crippen LogP contribution in [0.5, 0.6) is 0 Å². The van der Waals surface area contributed by atoms with Crippen LogP contribution in [0.4, 0.5) is 0 Å². The number of benzene rings is 1. The standard InChI is InChI=1S/C14H18BrN/c15-12-5-3-11(4-6-12)14(10-1-2-10)9-16-13-7-8-13/h3-6,10,13-14,16H,1-2,7-9H2. The molecule has 16 heavy (non-hydrogen) atoms. The van der Waals surface area contributed by atoms with Gasteiger partial charge in [0.05, 0.1) is 0 Å². The smallest absolute Gasteiger partial charge is 0.0175 e. The lowest BCUT2D eigenvalue weighted by molar-refractivity contribution is 0.533. The Morgan fingerprint density at radius 2 is 1.81 bits per heavy atom. The second-order valence-corrected chi connectivity index (χ2v) is 6.09. The first-order valence-corrected chi connectivity index (χ1v) is 7.11. The highest BCUT2D eigenvalue weighted by Crippen LogP contribution is 2.42.